The van der Waals surface area contributed by atoms with E-state index in [9.17, 15) is 9.18 Å². The summed E-state index contributed by atoms with van der Waals surface area (Å²) in [7, 11) is 0. The molecule has 2 aromatic heterocycles. The number of nitrogens with zero attached hydrogens (tertiary/aromatic N) is 1. The van der Waals surface area contributed by atoms with Crippen molar-refractivity contribution in [3.8, 4) is 0 Å². The van der Waals surface area contributed by atoms with E-state index in [1.807, 2.05) is 30.5 Å². The fraction of sp³-hybridized carbons (Fsp3) is 0.185. The maximum absolute atomic E-state index is 14.2. The first-order chi connectivity index (χ1) is 15.7. The molecular weight excluding hydrogens is 401 g/mol. The zero-order chi connectivity index (χ0) is 21.7. The lowest BCUT2D eigenvalue weighted by atomic mass is 9.91. The molecule has 1 aliphatic carbocycles. The molecule has 0 unspecified atom stereocenters. The molecule has 2 aliphatic rings. The summed E-state index contributed by atoms with van der Waals surface area (Å²) in [5.41, 5.74) is 7.09. The quantitative estimate of drug-likeness (QED) is 0.418. The van der Waals surface area contributed by atoms with Gasteiger partial charge in [-0.2, -0.15) is 0 Å². The molecular formula is C27H22FN3O. The Balaban J connectivity index is 1.50. The van der Waals surface area contributed by atoms with Crippen molar-refractivity contribution >= 4 is 34.0 Å². The summed E-state index contributed by atoms with van der Waals surface area (Å²) in [4.78, 5) is 21.0. The molecule has 1 aliphatic heterocycles. The number of fused-ring (bicyclic) bond motifs is 3. The predicted octanol–water partition coefficient (Wildman–Crippen LogP) is 5.66. The number of carbonyl (C=O) groups is 1. The molecule has 4 nitrogen and oxygen atoms in total. The maximum atomic E-state index is 14.2. The molecule has 4 aromatic rings. The van der Waals surface area contributed by atoms with E-state index in [4.69, 9.17) is 4.98 Å². The molecule has 3 heterocycles. The Hall–Kier alpha value is -3.73. The zero-order valence-electron chi connectivity index (χ0n) is 17.5. The Morgan fingerprint density at radius 1 is 1.03 bits per heavy atom. The zero-order valence-corrected chi connectivity index (χ0v) is 17.5. The SMILES string of the molecule is O=C1Nc2c(F)cccc2C1=Cc1[nH]c2c(c1Cc1nccc3ccccc13)CCCC2. The Bertz CT molecular complexity index is 1410. The molecule has 5 heteroatoms. The lowest BCUT2D eigenvalue weighted by Crippen LogP contribution is -2.05. The van der Waals surface area contributed by atoms with E-state index in [1.165, 1.54) is 28.3 Å². The van der Waals surface area contributed by atoms with E-state index in [1.54, 1.807) is 12.1 Å². The van der Waals surface area contributed by atoms with Crippen LogP contribution in [0.4, 0.5) is 10.1 Å². The van der Waals surface area contributed by atoms with Crippen LogP contribution in [-0.2, 0) is 24.1 Å². The maximum Gasteiger partial charge on any atom is 0.256 e. The van der Waals surface area contributed by atoms with Gasteiger partial charge in [0, 0.05) is 35.0 Å². The van der Waals surface area contributed by atoms with Gasteiger partial charge in [0.15, 0.2) is 0 Å². The van der Waals surface area contributed by atoms with E-state index in [2.05, 4.69) is 22.4 Å². The molecule has 0 saturated heterocycles. The number of aromatic amines is 1. The van der Waals surface area contributed by atoms with Crippen LogP contribution in [0.25, 0.3) is 22.4 Å². The summed E-state index contributed by atoms with van der Waals surface area (Å²) < 4.78 is 14.2. The van der Waals surface area contributed by atoms with Gasteiger partial charge in [0.2, 0.25) is 0 Å². The standard InChI is InChI=1S/C27H22FN3O/c28-22-10-5-9-19-21(27(32)31-26(19)22)15-25-20(18-8-3-4-11-23(18)30-25)14-24-17-7-2-1-6-16(17)12-13-29-24/h1-2,5-7,9-10,12-13,15,30H,3-4,8,11,14H2,(H,31,32). The van der Waals surface area contributed by atoms with Gasteiger partial charge in [-0.25, -0.2) is 4.39 Å². The van der Waals surface area contributed by atoms with Crippen LogP contribution in [-0.4, -0.2) is 15.9 Å². The summed E-state index contributed by atoms with van der Waals surface area (Å²) in [6.07, 6.45) is 8.77. The van der Waals surface area contributed by atoms with Crippen LogP contribution in [0.15, 0.2) is 54.7 Å². The van der Waals surface area contributed by atoms with Crippen LogP contribution in [0.5, 0.6) is 0 Å². The number of pyridine rings is 1. The number of amides is 1. The first-order valence-corrected chi connectivity index (χ1v) is 11.1. The molecule has 0 radical (unpaired) electrons. The number of H-pyrrole nitrogens is 1. The molecule has 158 valence electrons. The first-order valence-electron chi connectivity index (χ1n) is 11.1. The number of benzene rings is 2. The minimum absolute atomic E-state index is 0.261. The van der Waals surface area contributed by atoms with Crippen molar-refractivity contribution in [3.05, 3.63) is 94.3 Å². The Kier molecular flexibility index (Phi) is 4.42. The molecule has 2 N–H and O–H groups in total. The van der Waals surface area contributed by atoms with Gasteiger partial charge in [-0.15, -0.1) is 0 Å². The third-order valence-electron chi connectivity index (χ3n) is 6.62. The number of aryl methyl sites for hydroxylation is 1. The molecule has 0 atom stereocenters. The average Bonchev–Trinajstić information content (AvgIpc) is 3.32. The number of hydrogen-bond acceptors (Lipinski definition) is 2. The number of carbonyl (C=O) groups excluding carboxylic acids is 1. The second-order valence-electron chi connectivity index (χ2n) is 8.51. The molecule has 2 aromatic carbocycles. The summed E-state index contributed by atoms with van der Waals surface area (Å²) in [6.45, 7) is 0. The van der Waals surface area contributed by atoms with Crippen LogP contribution < -0.4 is 5.32 Å². The number of rotatable bonds is 3. The van der Waals surface area contributed by atoms with E-state index < -0.39 is 5.82 Å². The van der Waals surface area contributed by atoms with Gasteiger partial charge < -0.3 is 10.3 Å². The van der Waals surface area contributed by atoms with E-state index in [-0.39, 0.29) is 11.6 Å². The highest BCUT2D eigenvalue weighted by molar-refractivity contribution is 6.35. The van der Waals surface area contributed by atoms with Crippen molar-refractivity contribution < 1.29 is 9.18 Å². The third kappa shape index (κ3) is 3.04. The second kappa shape index (κ2) is 7.45. The minimum Gasteiger partial charge on any atom is -0.358 e. The van der Waals surface area contributed by atoms with Crippen LogP contribution in [0.2, 0.25) is 0 Å². The minimum atomic E-state index is -0.412. The third-order valence-corrected chi connectivity index (χ3v) is 6.62. The van der Waals surface area contributed by atoms with Crippen molar-refractivity contribution in [2.75, 3.05) is 5.32 Å². The summed E-state index contributed by atoms with van der Waals surface area (Å²) >= 11 is 0. The van der Waals surface area contributed by atoms with Crippen molar-refractivity contribution in [2.24, 2.45) is 0 Å². The molecule has 0 fully saturated rings. The van der Waals surface area contributed by atoms with Gasteiger partial charge >= 0.3 is 0 Å². The van der Waals surface area contributed by atoms with Crippen LogP contribution in [0, 0.1) is 5.82 Å². The van der Waals surface area contributed by atoms with Gasteiger partial charge in [-0.1, -0.05) is 36.4 Å². The number of hydrogen-bond donors (Lipinski definition) is 2. The fourth-order valence-corrected chi connectivity index (χ4v) is 5.06. The van der Waals surface area contributed by atoms with E-state index in [0.29, 0.717) is 17.6 Å². The number of aromatic nitrogens is 2. The normalized spacial score (nSPS) is 16.3. The lowest BCUT2D eigenvalue weighted by Gasteiger charge is -2.13. The van der Waals surface area contributed by atoms with Gasteiger partial charge in [0.1, 0.15) is 5.82 Å². The highest BCUT2D eigenvalue weighted by Gasteiger charge is 2.28. The molecule has 0 saturated carbocycles. The van der Waals surface area contributed by atoms with Crippen molar-refractivity contribution in [1.29, 1.82) is 0 Å². The topological polar surface area (TPSA) is 57.8 Å². The van der Waals surface area contributed by atoms with E-state index in [0.717, 1.165) is 42.5 Å². The number of anilines is 1. The van der Waals surface area contributed by atoms with Crippen LogP contribution in [0.3, 0.4) is 0 Å². The van der Waals surface area contributed by atoms with Gasteiger partial charge in [0.25, 0.3) is 5.91 Å². The van der Waals surface area contributed by atoms with Crippen molar-refractivity contribution in [3.63, 3.8) is 0 Å². The summed E-state index contributed by atoms with van der Waals surface area (Å²) in [5.74, 6) is -0.683. The lowest BCUT2D eigenvalue weighted by molar-refractivity contribution is -0.110. The molecule has 6 rings (SSSR count). The van der Waals surface area contributed by atoms with Crippen molar-refractivity contribution in [1.82, 2.24) is 9.97 Å². The van der Waals surface area contributed by atoms with Gasteiger partial charge in [0.05, 0.1) is 17.0 Å². The first kappa shape index (κ1) is 19.0. The Labute approximate surface area is 185 Å². The van der Waals surface area contributed by atoms with Crippen LogP contribution >= 0.6 is 0 Å². The van der Waals surface area contributed by atoms with Gasteiger partial charge in [-0.05, 0) is 60.4 Å². The van der Waals surface area contributed by atoms with Crippen molar-refractivity contribution in [2.45, 2.75) is 32.1 Å². The highest BCUT2D eigenvalue weighted by atomic mass is 19.1. The molecule has 32 heavy (non-hydrogen) atoms. The summed E-state index contributed by atoms with van der Waals surface area (Å²) in [6, 6.07) is 15.1. The van der Waals surface area contributed by atoms with Crippen LogP contribution in [0.1, 0.15) is 46.6 Å². The van der Waals surface area contributed by atoms with E-state index >= 15 is 0 Å². The number of para-hydroxylation sites is 1. The largest absolute Gasteiger partial charge is 0.358 e. The molecule has 0 spiro atoms. The predicted molar refractivity (Wildman–Crippen MR) is 125 cm³/mol. The number of halogens is 1. The molecule has 0 bridgehead atoms. The van der Waals surface area contributed by atoms with Gasteiger partial charge in [-0.3, -0.25) is 9.78 Å². The number of nitrogens with one attached hydrogen (secondary N) is 2. The second-order valence-corrected chi connectivity index (χ2v) is 8.51. The molecule has 1 amide bonds. The highest BCUT2D eigenvalue weighted by Crippen LogP contribution is 2.37. The Morgan fingerprint density at radius 3 is 2.84 bits per heavy atom. The summed E-state index contributed by atoms with van der Waals surface area (Å²) in [5, 5.41) is 4.99. The smallest absolute Gasteiger partial charge is 0.256 e. The average molecular weight is 423 g/mol. The fourth-order valence-electron chi connectivity index (χ4n) is 5.06. The monoisotopic (exact) mass is 423 g/mol. The Morgan fingerprint density at radius 2 is 1.91 bits per heavy atom.